The van der Waals surface area contributed by atoms with Gasteiger partial charge < -0.3 is 9.32 Å². The highest BCUT2D eigenvalue weighted by Gasteiger charge is 2.26. The molecule has 0 spiro atoms. The molecule has 2 aliphatic heterocycles. The monoisotopic (exact) mass is 271 g/mol. The SMILES string of the molecule is Cc1cc(=S)oc2c3c4c(cc12)CCCN4CCC3. The zero-order valence-corrected chi connectivity index (χ0v) is 12.0. The number of rotatable bonds is 0. The lowest BCUT2D eigenvalue weighted by molar-refractivity contribution is 0.570. The molecule has 0 fully saturated rings. The zero-order valence-electron chi connectivity index (χ0n) is 11.2. The maximum Gasteiger partial charge on any atom is 0.191 e. The maximum atomic E-state index is 5.90. The number of hydrogen-bond donors (Lipinski definition) is 0. The Balaban J connectivity index is 2.15. The van der Waals surface area contributed by atoms with Crippen LogP contribution in [0, 0.1) is 11.6 Å². The van der Waals surface area contributed by atoms with Crippen LogP contribution in [0.5, 0.6) is 0 Å². The van der Waals surface area contributed by atoms with Gasteiger partial charge in [-0.15, -0.1) is 0 Å². The average Bonchev–Trinajstić information content (AvgIpc) is 2.41. The summed E-state index contributed by atoms with van der Waals surface area (Å²) in [5, 5.41) is 1.26. The van der Waals surface area contributed by atoms with Crippen molar-refractivity contribution < 1.29 is 4.42 Å². The topological polar surface area (TPSA) is 16.4 Å². The quantitative estimate of drug-likeness (QED) is 0.669. The number of fused-ring (bicyclic) bond motifs is 2. The van der Waals surface area contributed by atoms with Crippen LogP contribution in [-0.4, -0.2) is 13.1 Å². The van der Waals surface area contributed by atoms with Crippen molar-refractivity contribution >= 4 is 28.9 Å². The van der Waals surface area contributed by atoms with Gasteiger partial charge in [0.05, 0.1) is 0 Å². The Labute approximate surface area is 118 Å². The van der Waals surface area contributed by atoms with Gasteiger partial charge in [0.25, 0.3) is 0 Å². The summed E-state index contributed by atoms with van der Waals surface area (Å²) in [6.07, 6.45) is 4.82. The van der Waals surface area contributed by atoms with Gasteiger partial charge in [0.15, 0.2) is 4.71 Å². The molecule has 0 atom stereocenters. The van der Waals surface area contributed by atoms with E-state index in [9.17, 15) is 0 Å². The molecular formula is C16H17NOS. The third kappa shape index (κ3) is 1.64. The molecule has 3 heterocycles. The number of nitrogens with zero attached hydrogens (tertiary/aromatic N) is 1. The first-order valence-corrected chi connectivity index (χ1v) is 7.49. The highest BCUT2D eigenvalue weighted by molar-refractivity contribution is 7.71. The summed E-state index contributed by atoms with van der Waals surface area (Å²) in [5.74, 6) is 0. The molecule has 0 amide bonds. The Bertz CT molecular complexity index is 730. The van der Waals surface area contributed by atoms with Gasteiger partial charge in [-0.25, -0.2) is 0 Å². The summed E-state index contributed by atoms with van der Waals surface area (Å²) in [7, 11) is 0. The summed E-state index contributed by atoms with van der Waals surface area (Å²) in [5.41, 5.74) is 6.63. The van der Waals surface area contributed by atoms with E-state index in [1.807, 2.05) is 6.07 Å². The first-order valence-electron chi connectivity index (χ1n) is 7.08. The Hall–Kier alpha value is -1.35. The Morgan fingerprint density at radius 2 is 1.95 bits per heavy atom. The van der Waals surface area contributed by atoms with Gasteiger partial charge in [0, 0.05) is 29.7 Å². The van der Waals surface area contributed by atoms with E-state index in [2.05, 4.69) is 17.9 Å². The number of aryl methyl sites for hydroxylation is 3. The van der Waals surface area contributed by atoms with E-state index in [0.29, 0.717) is 4.71 Å². The number of benzene rings is 1. The van der Waals surface area contributed by atoms with Gasteiger partial charge in [-0.2, -0.15) is 0 Å². The first kappa shape index (κ1) is 11.5. The first-order chi connectivity index (χ1) is 9.24. The molecule has 0 bridgehead atoms. The standard InChI is InChI=1S/C16H17NOS/c1-10-8-14(19)18-16-12-5-3-7-17-6-2-4-11(15(12)17)9-13(10)16/h8-9H,2-7H2,1H3. The second-order valence-electron chi connectivity index (χ2n) is 5.68. The normalized spacial score (nSPS) is 17.6. The number of hydrogen-bond acceptors (Lipinski definition) is 3. The van der Waals surface area contributed by atoms with E-state index in [-0.39, 0.29) is 0 Å². The van der Waals surface area contributed by atoms with Crippen LogP contribution in [0.4, 0.5) is 5.69 Å². The highest BCUT2D eigenvalue weighted by atomic mass is 32.1. The predicted molar refractivity (Wildman–Crippen MR) is 80.6 cm³/mol. The van der Waals surface area contributed by atoms with Gasteiger partial charge in [0.2, 0.25) is 0 Å². The van der Waals surface area contributed by atoms with Crippen molar-refractivity contribution in [3.8, 4) is 0 Å². The predicted octanol–water partition coefficient (Wildman–Crippen LogP) is 4.17. The Morgan fingerprint density at radius 1 is 1.16 bits per heavy atom. The third-order valence-corrected chi connectivity index (χ3v) is 4.64. The van der Waals surface area contributed by atoms with Crippen LogP contribution in [-0.2, 0) is 12.8 Å². The van der Waals surface area contributed by atoms with Gasteiger partial charge in [-0.05, 0) is 68.1 Å². The molecule has 4 rings (SSSR count). The van der Waals surface area contributed by atoms with Crippen molar-refractivity contribution in [2.45, 2.75) is 32.6 Å². The van der Waals surface area contributed by atoms with E-state index in [1.54, 1.807) is 0 Å². The van der Waals surface area contributed by atoms with Crippen LogP contribution in [0.25, 0.3) is 11.0 Å². The van der Waals surface area contributed by atoms with Crippen molar-refractivity contribution in [1.29, 1.82) is 0 Å². The van der Waals surface area contributed by atoms with E-state index in [0.717, 1.165) is 12.0 Å². The van der Waals surface area contributed by atoms with Crippen molar-refractivity contribution in [1.82, 2.24) is 0 Å². The van der Waals surface area contributed by atoms with E-state index in [4.69, 9.17) is 16.6 Å². The summed E-state index contributed by atoms with van der Waals surface area (Å²) in [4.78, 5) is 2.54. The van der Waals surface area contributed by atoms with Gasteiger partial charge in [-0.1, -0.05) is 0 Å². The van der Waals surface area contributed by atoms with Crippen molar-refractivity contribution in [3.63, 3.8) is 0 Å². The van der Waals surface area contributed by atoms with Crippen molar-refractivity contribution in [2.24, 2.45) is 0 Å². The lowest BCUT2D eigenvalue weighted by Crippen LogP contribution is -2.34. The number of anilines is 1. The summed E-state index contributed by atoms with van der Waals surface area (Å²) in [6, 6.07) is 4.31. The molecule has 3 heteroatoms. The van der Waals surface area contributed by atoms with Gasteiger partial charge >= 0.3 is 0 Å². The molecule has 0 saturated heterocycles. The highest BCUT2D eigenvalue weighted by Crippen LogP contribution is 2.40. The van der Waals surface area contributed by atoms with Gasteiger partial charge in [0.1, 0.15) is 5.58 Å². The second-order valence-corrected chi connectivity index (χ2v) is 6.08. The van der Waals surface area contributed by atoms with Crippen LogP contribution in [0.2, 0.25) is 0 Å². The minimum absolute atomic E-state index is 0.606. The van der Waals surface area contributed by atoms with Crippen LogP contribution in [0.15, 0.2) is 16.5 Å². The summed E-state index contributed by atoms with van der Waals surface area (Å²) in [6.45, 7) is 4.52. The van der Waals surface area contributed by atoms with Crippen LogP contribution < -0.4 is 4.90 Å². The van der Waals surface area contributed by atoms with E-state index < -0.39 is 0 Å². The van der Waals surface area contributed by atoms with E-state index >= 15 is 0 Å². The average molecular weight is 271 g/mol. The smallest absolute Gasteiger partial charge is 0.191 e. The fourth-order valence-corrected chi connectivity index (χ4v) is 3.89. The maximum absolute atomic E-state index is 5.90. The Kier molecular flexibility index (Phi) is 2.46. The molecule has 2 aromatic rings. The molecule has 0 saturated carbocycles. The molecule has 98 valence electrons. The molecule has 19 heavy (non-hydrogen) atoms. The lowest BCUT2D eigenvalue weighted by Gasteiger charge is -2.37. The zero-order chi connectivity index (χ0) is 13.0. The fraction of sp³-hybridized carbons (Fsp3) is 0.438. The molecule has 0 N–H and O–H groups in total. The minimum Gasteiger partial charge on any atom is -0.445 e. The molecule has 0 unspecified atom stereocenters. The summed E-state index contributed by atoms with van der Waals surface area (Å²) < 4.78 is 6.51. The lowest BCUT2D eigenvalue weighted by atomic mass is 9.89. The fourth-order valence-electron chi connectivity index (χ4n) is 3.63. The second kappa shape index (κ2) is 4.07. The van der Waals surface area contributed by atoms with Crippen LogP contribution in [0.3, 0.4) is 0 Å². The van der Waals surface area contributed by atoms with Crippen LogP contribution >= 0.6 is 12.2 Å². The minimum atomic E-state index is 0.606. The van der Waals surface area contributed by atoms with Crippen LogP contribution in [0.1, 0.15) is 29.5 Å². The molecule has 0 radical (unpaired) electrons. The van der Waals surface area contributed by atoms with Crippen molar-refractivity contribution in [3.05, 3.63) is 33.5 Å². The molecule has 2 aliphatic rings. The van der Waals surface area contributed by atoms with Gasteiger partial charge in [-0.3, -0.25) is 0 Å². The molecular weight excluding hydrogens is 254 g/mol. The largest absolute Gasteiger partial charge is 0.445 e. The molecule has 2 nitrogen and oxygen atoms in total. The Morgan fingerprint density at radius 3 is 2.79 bits per heavy atom. The third-order valence-electron chi connectivity index (χ3n) is 4.43. The molecule has 1 aromatic carbocycles. The molecule has 1 aromatic heterocycles. The molecule has 0 aliphatic carbocycles. The van der Waals surface area contributed by atoms with E-state index in [1.165, 1.54) is 60.1 Å². The summed E-state index contributed by atoms with van der Waals surface area (Å²) >= 11 is 5.26. The van der Waals surface area contributed by atoms with Crippen molar-refractivity contribution in [2.75, 3.05) is 18.0 Å².